The van der Waals surface area contributed by atoms with E-state index in [0.717, 1.165) is 36.6 Å². The molecule has 2 aromatic rings. The van der Waals surface area contributed by atoms with Crippen molar-refractivity contribution in [3.8, 4) is 5.75 Å². The van der Waals surface area contributed by atoms with E-state index >= 15 is 0 Å². The van der Waals surface area contributed by atoms with Crippen molar-refractivity contribution in [2.24, 2.45) is 0 Å². The van der Waals surface area contributed by atoms with Crippen LogP contribution in [0.3, 0.4) is 0 Å². The molecule has 2 aromatic carbocycles. The van der Waals surface area contributed by atoms with Gasteiger partial charge >= 0.3 is 0 Å². The van der Waals surface area contributed by atoms with E-state index in [-0.39, 0.29) is 10.3 Å². The van der Waals surface area contributed by atoms with Crippen LogP contribution in [0.15, 0.2) is 47.4 Å². The predicted molar refractivity (Wildman–Crippen MR) is 99.7 cm³/mol. The Morgan fingerprint density at radius 1 is 1.19 bits per heavy atom. The molecule has 26 heavy (non-hydrogen) atoms. The molecule has 3 rings (SSSR count). The van der Waals surface area contributed by atoms with E-state index in [0.29, 0.717) is 12.2 Å². The highest BCUT2D eigenvalue weighted by Gasteiger charge is 2.40. The summed E-state index contributed by atoms with van der Waals surface area (Å²) in [6.07, 6.45) is 3.10. The molecule has 0 unspecified atom stereocenters. The van der Waals surface area contributed by atoms with E-state index < -0.39 is 15.8 Å². The van der Waals surface area contributed by atoms with Gasteiger partial charge in [-0.2, -0.15) is 0 Å². The van der Waals surface area contributed by atoms with Crippen molar-refractivity contribution in [2.45, 2.75) is 29.6 Å². The Kier molecular flexibility index (Phi) is 5.20. The molecule has 0 amide bonds. The molecule has 5 nitrogen and oxygen atoms in total. The predicted octanol–water partition coefficient (Wildman–Crippen LogP) is 3.28. The molecule has 1 saturated carbocycles. The number of rotatable bonds is 7. The Labute approximate surface area is 153 Å². The number of para-hydroxylation sites is 1. The van der Waals surface area contributed by atoms with E-state index in [1.165, 1.54) is 19.2 Å². The van der Waals surface area contributed by atoms with Gasteiger partial charge in [0.05, 0.1) is 17.7 Å². The highest BCUT2D eigenvalue weighted by atomic mass is 32.2. The van der Waals surface area contributed by atoms with Crippen LogP contribution in [0.25, 0.3) is 0 Å². The average molecular weight is 378 g/mol. The third-order valence-corrected chi connectivity index (χ3v) is 6.54. The second-order valence-electron chi connectivity index (χ2n) is 6.54. The van der Waals surface area contributed by atoms with Crippen LogP contribution in [0.2, 0.25) is 0 Å². The number of sulfonamides is 1. The van der Waals surface area contributed by atoms with E-state index in [9.17, 15) is 12.8 Å². The first kappa shape index (κ1) is 18.7. The Hall–Kier alpha value is -2.12. The SMILES string of the molecule is CNS(=O)(=O)c1ccc(NCC2(c3ccccc3OC)CCC2)c(F)c1. The molecule has 0 heterocycles. The molecule has 0 saturated heterocycles. The van der Waals surface area contributed by atoms with Gasteiger partial charge in [-0.05, 0) is 44.2 Å². The largest absolute Gasteiger partial charge is 0.496 e. The van der Waals surface area contributed by atoms with Gasteiger partial charge in [0.15, 0.2) is 0 Å². The molecule has 140 valence electrons. The van der Waals surface area contributed by atoms with E-state index in [1.807, 2.05) is 18.2 Å². The van der Waals surface area contributed by atoms with Crippen molar-refractivity contribution in [3.63, 3.8) is 0 Å². The smallest absolute Gasteiger partial charge is 0.240 e. The highest BCUT2D eigenvalue weighted by molar-refractivity contribution is 7.89. The molecule has 1 aliphatic rings. The maximum absolute atomic E-state index is 14.4. The fraction of sp³-hybridized carbons (Fsp3) is 0.368. The lowest BCUT2D eigenvalue weighted by molar-refractivity contribution is 0.250. The lowest BCUT2D eigenvalue weighted by Crippen LogP contribution is -2.41. The fourth-order valence-electron chi connectivity index (χ4n) is 3.42. The van der Waals surface area contributed by atoms with Crippen LogP contribution in [0.1, 0.15) is 24.8 Å². The third-order valence-electron chi connectivity index (χ3n) is 5.13. The highest BCUT2D eigenvalue weighted by Crippen LogP contribution is 2.47. The number of halogens is 1. The van der Waals surface area contributed by atoms with Gasteiger partial charge in [0.1, 0.15) is 11.6 Å². The van der Waals surface area contributed by atoms with Gasteiger partial charge in [0, 0.05) is 17.5 Å². The van der Waals surface area contributed by atoms with Crippen LogP contribution in [0, 0.1) is 5.82 Å². The number of benzene rings is 2. The number of hydrogen-bond donors (Lipinski definition) is 2. The molecule has 0 atom stereocenters. The zero-order chi connectivity index (χ0) is 18.8. The summed E-state index contributed by atoms with van der Waals surface area (Å²) < 4.78 is 45.6. The van der Waals surface area contributed by atoms with Crippen molar-refractivity contribution >= 4 is 15.7 Å². The fourth-order valence-corrected chi connectivity index (χ4v) is 4.16. The maximum atomic E-state index is 14.4. The van der Waals surface area contributed by atoms with Crippen molar-refractivity contribution in [3.05, 3.63) is 53.8 Å². The molecule has 0 spiro atoms. The van der Waals surface area contributed by atoms with Crippen LogP contribution in [-0.2, 0) is 15.4 Å². The van der Waals surface area contributed by atoms with E-state index in [4.69, 9.17) is 4.74 Å². The first-order chi connectivity index (χ1) is 12.4. The van der Waals surface area contributed by atoms with Crippen molar-refractivity contribution in [1.29, 1.82) is 0 Å². The Balaban J connectivity index is 1.81. The molecular formula is C19H23FN2O3S. The number of hydrogen-bond acceptors (Lipinski definition) is 4. The summed E-state index contributed by atoms with van der Waals surface area (Å²) in [6, 6.07) is 11.8. The number of nitrogens with one attached hydrogen (secondary N) is 2. The second-order valence-corrected chi connectivity index (χ2v) is 8.42. The van der Waals surface area contributed by atoms with Gasteiger partial charge < -0.3 is 10.1 Å². The summed E-state index contributed by atoms with van der Waals surface area (Å²) in [5, 5.41) is 3.16. The topological polar surface area (TPSA) is 67.4 Å². The zero-order valence-corrected chi connectivity index (χ0v) is 15.7. The molecule has 1 aliphatic carbocycles. The minimum Gasteiger partial charge on any atom is -0.496 e. The molecule has 7 heteroatoms. The summed E-state index contributed by atoms with van der Waals surface area (Å²) in [6.45, 7) is 0.558. The minimum absolute atomic E-state index is 0.0915. The van der Waals surface area contributed by atoms with Gasteiger partial charge in [-0.1, -0.05) is 24.6 Å². The van der Waals surface area contributed by atoms with Gasteiger partial charge in [-0.25, -0.2) is 17.5 Å². The average Bonchev–Trinajstić information content (AvgIpc) is 2.62. The zero-order valence-electron chi connectivity index (χ0n) is 14.9. The van der Waals surface area contributed by atoms with Crippen molar-refractivity contribution < 1.29 is 17.5 Å². The Bertz CT molecular complexity index is 895. The van der Waals surface area contributed by atoms with Gasteiger partial charge in [0.25, 0.3) is 0 Å². The molecule has 0 radical (unpaired) electrons. The number of methoxy groups -OCH3 is 1. The van der Waals surface area contributed by atoms with Crippen molar-refractivity contribution in [1.82, 2.24) is 4.72 Å². The van der Waals surface area contributed by atoms with Crippen LogP contribution in [0.5, 0.6) is 5.75 Å². The van der Waals surface area contributed by atoms with Gasteiger partial charge in [-0.3, -0.25) is 0 Å². The Morgan fingerprint density at radius 3 is 2.50 bits per heavy atom. The first-order valence-corrected chi connectivity index (χ1v) is 10.0. The molecule has 2 N–H and O–H groups in total. The van der Waals surface area contributed by atoms with Crippen LogP contribution in [-0.4, -0.2) is 29.1 Å². The van der Waals surface area contributed by atoms with Crippen molar-refractivity contribution in [2.75, 3.05) is 26.0 Å². The normalized spacial score (nSPS) is 16.0. The summed E-state index contributed by atoms with van der Waals surface area (Å²) in [5.41, 5.74) is 1.31. The molecule has 1 fully saturated rings. The lowest BCUT2D eigenvalue weighted by atomic mass is 9.64. The van der Waals surface area contributed by atoms with Crippen LogP contribution in [0.4, 0.5) is 10.1 Å². The van der Waals surface area contributed by atoms with Gasteiger partial charge in [-0.15, -0.1) is 0 Å². The summed E-state index contributed by atoms with van der Waals surface area (Å²) in [7, 11) is -0.710. The lowest BCUT2D eigenvalue weighted by Gasteiger charge is -2.43. The van der Waals surface area contributed by atoms with Gasteiger partial charge in [0.2, 0.25) is 10.0 Å². The summed E-state index contributed by atoms with van der Waals surface area (Å²) in [4.78, 5) is -0.0915. The Morgan fingerprint density at radius 2 is 1.92 bits per heavy atom. The first-order valence-electron chi connectivity index (χ1n) is 8.52. The standard InChI is InChI=1S/C19H23FN2O3S/c1-21-26(23,24)14-8-9-17(16(20)12-14)22-13-19(10-5-11-19)15-6-3-4-7-18(15)25-2/h3-4,6-9,12,21-22H,5,10-11,13H2,1-2H3. The minimum atomic E-state index is -3.66. The molecule has 0 bridgehead atoms. The molecular weight excluding hydrogens is 355 g/mol. The van der Waals surface area contributed by atoms with Crippen LogP contribution < -0.4 is 14.8 Å². The maximum Gasteiger partial charge on any atom is 0.240 e. The molecule has 0 aliphatic heterocycles. The number of ether oxygens (including phenoxy) is 1. The quantitative estimate of drug-likeness (QED) is 0.776. The summed E-state index contributed by atoms with van der Waals surface area (Å²) in [5.74, 6) is 0.251. The third kappa shape index (κ3) is 3.41. The summed E-state index contributed by atoms with van der Waals surface area (Å²) >= 11 is 0. The monoisotopic (exact) mass is 378 g/mol. The van der Waals surface area contributed by atoms with E-state index in [2.05, 4.69) is 16.1 Å². The second kappa shape index (κ2) is 7.25. The molecule has 0 aromatic heterocycles. The van der Waals surface area contributed by atoms with Crippen LogP contribution >= 0.6 is 0 Å². The van der Waals surface area contributed by atoms with E-state index in [1.54, 1.807) is 7.11 Å². The number of anilines is 1.